The first-order valence-electron chi connectivity index (χ1n) is 8.74. The number of aromatic hydroxyl groups is 1. The van der Waals surface area contributed by atoms with Gasteiger partial charge in [0.15, 0.2) is 5.75 Å². The van der Waals surface area contributed by atoms with Gasteiger partial charge in [0, 0.05) is 30.6 Å². The minimum absolute atomic E-state index is 0.0988. The van der Waals surface area contributed by atoms with Crippen LogP contribution in [0.25, 0.3) is 11.0 Å². The zero-order valence-electron chi connectivity index (χ0n) is 14.5. The van der Waals surface area contributed by atoms with Crippen LogP contribution in [0.2, 0.25) is 0 Å². The van der Waals surface area contributed by atoms with E-state index in [4.69, 9.17) is 0 Å². The summed E-state index contributed by atoms with van der Waals surface area (Å²) < 4.78 is 0. The molecular weight excluding hydrogens is 348 g/mol. The fourth-order valence-electron chi connectivity index (χ4n) is 3.54. The molecule has 0 aliphatic carbocycles. The summed E-state index contributed by atoms with van der Waals surface area (Å²) in [5, 5.41) is 20.6. The molecule has 0 spiro atoms. The predicted octanol–water partition coefficient (Wildman–Crippen LogP) is 3.20. The highest BCUT2D eigenvalue weighted by atomic mass is 16.6. The van der Waals surface area contributed by atoms with Gasteiger partial charge in [-0.3, -0.25) is 14.9 Å². The maximum atomic E-state index is 12.8. The fraction of sp³-hybridized carbons (Fsp3) is 0.263. The number of nitrogens with zero attached hydrogens (tertiary/aromatic N) is 3. The number of piperidine rings is 1. The molecule has 2 aromatic carbocycles. The highest BCUT2D eigenvalue weighted by molar-refractivity contribution is 5.95. The quantitative estimate of drug-likeness (QED) is 0.546. The van der Waals surface area contributed by atoms with Crippen molar-refractivity contribution >= 4 is 22.6 Å². The van der Waals surface area contributed by atoms with Gasteiger partial charge < -0.3 is 15.0 Å². The Hall–Kier alpha value is -3.42. The van der Waals surface area contributed by atoms with E-state index >= 15 is 0 Å². The van der Waals surface area contributed by atoms with Crippen LogP contribution in [-0.4, -0.2) is 43.9 Å². The number of aromatic amines is 1. The van der Waals surface area contributed by atoms with Crippen molar-refractivity contribution in [3.8, 4) is 5.75 Å². The highest BCUT2D eigenvalue weighted by Crippen LogP contribution is 2.30. The van der Waals surface area contributed by atoms with E-state index in [0.717, 1.165) is 41.8 Å². The molecule has 27 heavy (non-hydrogen) atoms. The van der Waals surface area contributed by atoms with Crippen molar-refractivity contribution in [2.45, 2.75) is 18.8 Å². The van der Waals surface area contributed by atoms with Crippen molar-refractivity contribution in [3.63, 3.8) is 0 Å². The molecule has 1 amide bonds. The lowest BCUT2D eigenvalue weighted by Gasteiger charge is -2.32. The Kier molecular flexibility index (Phi) is 4.23. The fourth-order valence-corrected chi connectivity index (χ4v) is 3.54. The summed E-state index contributed by atoms with van der Waals surface area (Å²) in [6.45, 7) is 1.11. The van der Waals surface area contributed by atoms with Crippen molar-refractivity contribution < 1.29 is 14.8 Å². The molecule has 1 aliphatic rings. The van der Waals surface area contributed by atoms with E-state index in [-0.39, 0.29) is 17.4 Å². The maximum Gasteiger partial charge on any atom is 0.310 e. The number of fused-ring (bicyclic) bond motifs is 1. The van der Waals surface area contributed by atoms with Crippen molar-refractivity contribution in [2.24, 2.45) is 0 Å². The largest absolute Gasteiger partial charge is 0.502 e. The number of rotatable bonds is 3. The van der Waals surface area contributed by atoms with E-state index in [1.165, 1.54) is 6.07 Å². The third-order valence-corrected chi connectivity index (χ3v) is 4.92. The van der Waals surface area contributed by atoms with Gasteiger partial charge >= 0.3 is 5.69 Å². The minimum atomic E-state index is -0.678. The molecule has 1 aliphatic heterocycles. The second-order valence-electron chi connectivity index (χ2n) is 6.69. The number of carbonyl (C=O) groups excluding carboxylic acids is 1. The number of aromatic nitrogens is 2. The Labute approximate surface area is 154 Å². The second-order valence-corrected chi connectivity index (χ2v) is 6.69. The van der Waals surface area contributed by atoms with Gasteiger partial charge in [-0.2, -0.15) is 0 Å². The second kappa shape index (κ2) is 6.71. The number of nitrogens with one attached hydrogen (secondary N) is 1. The summed E-state index contributed by atoms with van der Waals surface area (Å²) >= 11 is 0. The lowest BCUT2D eigenvalue weighted by molar-refractivity contribution is -0.385. The molecule has 2 heterocycles. The Morgan fingerprint density at radius 3 is 2.85 bits per heavy atom. The molecule has 0 unspecified atom stereocenters. The van der Waals surface area contributed by atoms with E-state index in [1.54, 1.807) is 4.90 Å². The summed E-state index contributed by atoms with van der Waals surface area (Å²) in [5.41, 5.74) is 1.70. The summed E-state index contributed by atoms with van der Waals surface area (Å²) in [5.74, 6) is 0.208. The molecule has 2 N–H and O–H groups in total. The van der Waals surface area contributed by atoms with Gasteiger partial charge in [0.25, 0.3) is 5.91 Å². The van der Waals surface area contributed by atoms with Gasteiger partial charge in [-0.25, -0.2) is 4.98 Å². The van der Waals surface area contributed by atoms with Crippen LogP contribution in [0, 0.1) is 10.1 Å². The molecule has 4 rings (SSSR count). The number of phenols is 1. The number of carbonyl (C=O) groups is 1. The third kappa shape index (κ3) is 3.21. The van der Waals surface area contributed by atoms with Gasteiger partial charge in [0.05, 0.1) is 16.0 Å². The standard InChI is InChI=1S/C19H18N4O4/c24-17-10-12(7-8-16(17)23(26)27)19(25)22-9-3-4-13(11-22)18-20-14-5-1-2-6-15(14)21-18/h1-2,5-8,10,13,24H,3-4,9,11H2,(H,20,21)/t13-/m0/s1. The Balaban J connectivity index is 1.54. The molecular formula is C19H18N4O4. The lowest BCUT2D eigenvalue weighted by atomic mass is 9.96. The van der Waals surface area contributed by atoms with E-state index in [9.17, 15) is 20.0 Å². The molecule has 8 heteroatoms. The predicted molar refractivity (Wildman–Crippen MR) is 98.7 cm³/mol. The molecule has 1 saturated heterocycles. The topological polar surface area (TPSA) is 112 Å². The van der Waals surface area contributed by atoms with Crippen LogP contribution >= 0.6 is 0 Å². The van der Waals surface area contributed by atoms with Crippen LogP contribution in [0.15, 0.2) is 42.5 Å². The smallest absolute Gasteiger partial charge is 0.310 e. The van der Waals surface area contributed by atoms with E-state index in [1.807, 2.05) is 24.3 Å². The van der Waals surface area contributed by atoms with Gasteiger partial charge in [0.2, 0.25) is 0 Å². The first-order valence-corrected chi connectivity index (χ1v) is 8.74. The van der Waals surface area contributed by atoms with E-state index in [2.05, 4.69) is 9.97 Å². The first-order chi connectivity index (χ1) is 13.0. The summed E-state index contributed by atoms with van der Waals surface area (Å²) in [6, 6.07) is 11.5. The highest BCUT2D eigenvalue weighted by Gasteiger charge is 2.28. The molecule has 1 aromatic heterocycles. The number of H-pyrrole nitrogens is 1. The number of benzene rings is 2. The Bertz CT molecular complexity index is 996. The van der Waals surface area contributed by atoms with Crippen molar-refractivity contribution in [2.75, 3.05) is 13.1 Å². The number of hydrogen-bond acceptors (Lipinski definition) is 5. The van der Waals surface area contributed by atoms with Crippen molar-refractivity contribution in [3.05, 3.63) is 64.0 Å². The first kappa shape index (κ1) is 17.0. The number of phenolic OH excluding ortho intramolecular Hbond substituents is 1. The number of nitro groups is 1. The summed E-state index contributed by atoms with van der Waals surface area (Å²) in [4.78, 5) is 32.6. The molecule has 0 bridgehead atoms. The van der Waals surface area contributed by atoms with Crippen LogP contribution < -0.4 is 0 Å². The summed E-state index contributed by atoms with van der Waals surface area (Å²) in [7, 11) is 0. The monoisotopic (exact) mass is 366 g/mol. The molecule has 1 atom stereocenters. The zero-order valence-corrected chi connectivity index (χ0v) is 14.5. The SMILES string of the molecule is O=C(c1ccc([N+](=O)[O-])c(O)c1)N1CCC[C@H](c2nc3ccccc3[nH]2)C1. The molecule has 3 aromatic rings. The van der Waals surface area contributed by atoms with Crippen LogP contribution in [-0.2, 0) is 0 Å². The normalized spacial score (nSPS) is 17.2. The number of para-hydroxylation sites is 2. The van der Waals surface area contributed by atoms with Crippen LogP contribution in [0.4, 0.5) is 5.69 Å². The molecule has 138 valence electrons. The lowest BCUT2D eigenvalue weighted by Crippen LogP contribution is -2.39. The van der Waals surface area contributed by atoms with E-state index in [0.29, 0.717) is 13.1 Å². The third-order valence-electron chi connectivity index (χ3n) is 4.92. The number of hydrogen-bond donors (Lipinski definition) is 2. The van der Waals surface area contributed by atoms with Crippen molar-refractivity contribution in [1.82, 2.24) is 14.9 Å². The van der Waals surface area contributed by atoms with E-state index < -0.39 is 16.4 Å². The average molecular weight is 366 g/mol. The minimum Gasteiger partial charge on any atom is -0.502 e. The van der Waals surface area contributed by atoms with Crippen LogP contribution in [0.3, 0.4) is 0 Å². The van der Waals surface area contributed by atoms with Gasteiger partial charge in [-0.1, -0.05) is 12.1 Å². The Morgan fingerprint density at radius 2 is 2.11 bits per heavy atom. The van der Waals surface area contributed by atoms with Crippen LogP contribution in [0.1, 0.15) is 34.9 Å². The average Bonchev–Trinajstić information content (AvgIpc) is 3.11. The van der Waals surface area contributed by atoms with Crippen LogP contribution in [0.5, 0.6) is 5.75 Å². The number of likely N-dealkylation sites (tertiary alicyclic amines) is 1. The molecule has 0 radical (unpaired) electrons. The van der Waals surface area contributed by atoms with Gasteiger partial charge in [-0.05, 0) is 37.1 Å². The van der Waals surface area contributed by atoms with Gasteiger partial charge in [0.1, 0.15) is 5.82 Å². The van der Waals surface area contributed by atoms with Crippen molar-refractivity contribution in [1.29, 1.82) is 0 Å². The summed E-state index contributed by atoms with van der Waals surface area (Å²) in [6.07, 6.45) is 1.77. The number of nitro benzene ring substituents is 1. The maximum absolute atomic E-state index is 12.8. The Morgan fingerprint density at radius 1 is 1.30 bits per heavy atom. The number of amides is 1. The molecule has 0 saturated carbocycles. The number of imidazole rings is 1. The zero-order chi connectivity index (χ0) is 19.0. The molecule has 1 fully saturated rings. The van der Waals surface area contributed by atoms with Gasteiger partial charge in [-0.15, -0.1) is 0 Å². The molecule has 8 nitrogen and oxygen atoms in total.